The van der Waals surface area contributed by atoms with E-state index in [1.807, 2.05) is 6.07 Å². The first-order valence-corrected chi connectivity index (χ1v) is 6.10. The molecule has 0 bridgehead atoms. The highest BCUT2D eigenvalue weighted by Crippen LogP contribution is 2.24. The molecule has 1 aromatic carbocycles. The Balaban J connectivity index is 1.94. The first kappa shape index (κ1) is 15.1. The van der Waals surface area contributed by atoms with Gasteiger partial charge in [0.25, 0.3) is 0 Å². The minimum atomic E-state index is -4.70. The summed E-state index contributed by atoms with van der Waals surface area (Å²) in [6.45, 7) is 0.532. The molecule has 0 saturated heterocycles. The molecule has 0 atom stereocenters. The molecule has 0 aliphatic heterocycles. The van der Waals surface area contributed by atoms with Crippen LogP contribution in [0.5, 0.6) is 11.5 Å². The highest BCUT2D eigenvalue weighted by Gasteiger charge is 2.30. The van der Waals surface area contributed by atoms with Crippen LogP contribution in [0.15, 0.2) is 42.5 Å². The third-order valence-corrected chi connectivity index (χ3v) is 2.52. The van der Waals surface area contributed by atoms with E-state index in [0.29, 0.717) is 18.0 Å². The molecule has 0 spiro atoms. The summed E-state index contributed by atoms with van der Waals surface area (Å²) in [5.74, 6) is 0.127. The molecular weight excluding hydrogens is 285 g/mol. The van der Waals surface area contributed by atoms with Crippen molar-refractivity contribution in [3.05, 3.63) is 53.9 Å². The number of hydrogen-bond acceptors (Lipinski definition) is 4. The number of benzene rings is 1. The summed E-state index contributed by atoms with van der Waals surface area (Å²) in [4.78, 5) is 4.25. The fourth-order valence-corrected chi connectivity index (χ4v) is 1.62. The molecule has 2 N–H and O–H groups in total. The Labute approximate surface area is 119 Å². The van der Waals surface area contributed by atoms with Gasteiger partial charge in [-0.15, -0.1) is 13.2 Å². The molecular formula is C14H13F3N2O2. The largest absolute Gasteiger partial charge is 0.573 e. The van der Waals surface area contributed by atoms with E-state index in [1.54, 1.807) is 12.1 Å². The van der Waals surface area contributed by atoms with Crippen LogP contribution in [0.1, 0.15) is 11.4 Å². The van der Waals surface area contributed by atoms with Crippen molar-refractivity contribution < 1.29 is 22.6 Å². The van der Waals surface area contributed by atoms with Gasteiger partial charge in [-0.2, -0.15) is 0 Å². The zero-order valence-electron chi connectivity index (χ0n) is 10.9. The zero-order valence-corrected chi connectivity index (χ0v) is 10.9. The lowest BCUT2D eigenvalue weighted by Crippen LogP contribution is -2.16. The van der Waals surface area contributed by atoms with Gasteiger partial charge < -0.3 is 15.2 Å². The number of aromatic nitrogens is 1. The molecule has 0 aliphatic rings. The maximum absolute atomic E-state index is 12.0. The lowest BCUT2D eigenvalue weighted by atomic mass is 10.3. The van der Waals surface area contributed by atoms with Crippen LogP contribution in [0.2, 0.25) is 0 Å². The minimum absolute atomic E-state index is 0.202. The van der Waals surface area contributed by atoms with Crippen LogP contribution in [-0.4, -0.2) is 11.3 Å². The van der Waals surface area contributed by atoms with Gasteiger partial charge >= 0.3 is 6.36 Å². The third-order valence-electron chi connectivity index (χ3n) is 2.52. The Morgan fingerprint density at radius 3 is 2.19 bits per heavy atom. The quantitative estimate of drug-likeness (QED) is 0.922. The van der Waals surface area contributed by atoms with Crippen molar-refractivity contribution in [1.82, 2.24) is 4.98 Å². The topological polar surface area (TPSA) is 57.4 Å². The Hall–Kier alpha value is -2.28. The zero-order chi connectivity index (χ0) is 15.3. The Bertz CT molecular complexity index is 586. The lowest BCUT2D eigenvalue weighted by Gasteiger charge is -2.10. The van der Waals surface area contributed by atoms with E-state index < -0.39 is 6.36 Å². The van der Waals surface area contributed by atoms with Gasteiger partial charge in [-0.3, -0.25) is 4.98 Å². The second-order valence-corrected chi connectivity index (χ2v) is 4.13. The Morgan fingerprint density at radius 2 is 1.57 bits per heavy atom. The van der Waals surface area contributed by atoms with E-state index in [9.17, 15) is 13.2 Å². The number of ether oxygens (including phenoxy) is 2. The van der Waals surface area contributed by atoms with Crippen molar-refractivity contribution in [2.24, 2.45) is 5.73 Å². The maximum atomic E-state index is 12.0. The van der Waals surface area contributed by atoms with Crippen LogP contribution in [0, 0.1) is 0 Å². The van der Waals surface area contributed by atoms with E-state index in [-0.39, 0.29) is 12.4 Å². The molecule has 112 valence electrons. The highest BCUT2D eigenvalue weighted by atomic mass is 19.4. The molecule has 0 aliphatic carbocycles. The van der Waals surface area contributed by atoms with Gasteiger partial charge in [0.15, 0.2) is 0 Å². The average Bonchev–Trinajstić information content (AvgIpc) is 2.45. The maximum Gasteiger partial charge on any atom is 0.573 e. The highest BCUT2D eigenvalue weighted by molar-refractivity contribution is 5.31. The van der Waals surface area contributed by atoms with Gasteiger partial charge in [-0.1, -0.05) is 6.07 Å². The number of pyridine rings is 1. The third kappa shape index (κ3) is 4.96. The van der Waals surface area contributed by atoms with Crippen LogP contribution >= 0.6 is 0 Å². The molecule has 0 radical (unpaired) electrons. The van der Waals surface area contributed by atoms with E-state index >= 15 is 0 Å². The van der Waals surface area contributed by atoms with Crippen LogP contribution in [0.3, 0.4) is 0 Å². The molecule has 7 heteroatoms. The van der Waals surface area contributed by atoms with Crippen LogP contribution in [0.4, 0.5) is 13.2 Å². The SMILES string of the molecule is NCc1cccc(COc2ccc(OC(F)(F)F)cc2)n1. The molecule has 1 heterocycles. The van der Waals surface area contributed by atoms with Crippen molar-refractivity contribution in [2.75, 3.05) is 0 Å². The van der Waals surface area contributed by atoms with Gasteiger partial charge in [-0.25, -0.2) is 0 Å². The lowest BCUT2D eigenvalue weighted by molar-refractivity contribution is -0.274. The molecule has 4 nitrogen and oxygen atoms in total. The van der Waals surface area contributed by atoms with Crippen molar-refractivity contribution in [1.29, 1.82) is 0 Å². The predicted molar refractivity (Wildman–Crippen MR) is 69.6 cm³/mol. The van der Waals surface area contributed by atoms with Gasteiger partial charge in [0, 0.05) is 6.54 Å². The predicted octanol–water partition coefficient (Wildman–Crippen LogP) is 3.02. The fourth-order valence-electron chi connectivity index (χ4n) is 1.62. The fraction of sp³-hybridized carbons (Fsp3) is 0.214. The summed E-state index contributed by atoms with van der Waals surface area (Å²) < 4.78 is 45.2. The molecule has 0 amide bonds. The van der Waals surface area contributed by atoms with Crippen LogP contribution in [0.25, 0.3) is 0 Å². The van der Waals surface area contributed by atoms with E-state index in [0.717, 1.165) is 5.69 Å². The molecule has 0 saturated carbocycles. The van der Waals surface area contributed by atoms with Crippen molar-refractivity contribution >= 4 is 0 Å². The normalized spacial score (nSPS) is 11.2. The van der Waals surface area contributed by atoms with Crippen molar-refractivity contribution in [2.45, 2.75) is 19.5 Å². The molecule has 21 heavy (non-hydrogen) atoms. The van der Waals surface area contributed by atoms with Crippen LogP contribution < -0.4 is 15.2 Å². The summed E-state index contributed by atoms with van der Waals surface area (Å²) in [7, 11) is 0. The average molecular weight is 298 g/mol. The second kappa shape index (κ2) is 6.45. The van der Waals surface area contributed by atoms with E-state index in [2.05, 4.69) is 9.72 Å². The number of alkyl halides is 3. The van der Waals surface area contributed by atoms with Crippen molar-refractivity contribution in [3.63, 3.8) is 0 Å². The van der Waals surface area contributed by atoms with Gasteiger partial charge in [-0.05, 0) is 36.4 Å². The molecule has 2 aromatic rings. The smallest absolute Gasteiger partial charge is 0.487 e. The monoisotopic (exact) mass is 298 g/mol. The van der Waals surface area contributed by atoms with Gasteiger partial charge in [0.1, 0.15) is 18.1 Å². The summed E-state index contributed by atoms with van der Waals surface area (Å²) in [6, 6.07) is 10.6. The molecule has 0 unspecified atom stereocenters. The second-order valence-electron chi connectivity index (χ2n) is 4.13. The number of nitrogens with zero attached hydrogens (tertiary/aromatic N) is 1. The van der Waals surface area contributed by atoms with Gasteiger partial charge in [0.2, 0.25) is 0 Å². The van der Waals surface area contributed by atoms with E-state index in [1.165, 1.54) is 24.3 Å². The Morgan fingerprint density at radius 1 is 0.952 bits per heavy atom. The number of rotatable bonds is 5. The van der Waals surface area contributed by atoms with Gasteiger partial charge in [0.05, 0.1) is 11.4 Å². The summed E-state index contributed by atoms with van der Waals surface area (Å²) in [5.41, 5.74) is 6.91. The number of nitrogens with two attached hydrogens (primary N) is 1. The number of halogens is 3. The summed E-state index contributed by atoms with van der Waals surface area (Å²) in [6.07, 6.45) is -4.70. The van der Waals surface area contributed by atoms with Crippen LogP contribution in [-0.2, 0) is 13.2 Å². The Kier molecular flexibility index (Phi) is 4.64. The first-order chi connectivity index (χ1) is 9.96. The first-order valence-electron chi connectivity index (χ1n) is 6.10. The molecule has 2 rings (SSSR count). The summed E-state index contributed by atoms with van der Waals surface area (Å²) >= 11 is 0. The van der Waals surface area contributed by atoms with Crippen molar-refractivity contribution in [3.8, 4) is 11.5 Å². The van der Waals surface area contributed by atoms with E-state index in [4.69, 9.17) is 10.5 Å². The standard InChI is InChI=1S/C14H13F3N2O2/c15-14(16,17)21-13-6-4-12(5-7-13)20-9-11-3-1-2-10(8-18)19-11/h1-7H,8-9,18H2. The summed E-state index contributed by atoms with van der Waals surface area (Å²) in [5, 5.41) is 0. The molecule has 0 fully saturated rings. The molecule has 1 aromatic heterocycles. The number of hydrogen-bond donors (Lipinski definition) is 1. The minimum Gasteiger partial charge on any atom is -0.487 e.